The van der Waals surface area contributed by atoms with Crippen molar-refractivity contribution in [3.63, 3.8) is 0 Å². The summed E-state index contributed by atoms with van der Waals surface area (Å²) in [5, 5.41) is 3.09. The lowest BCUT2D eigenvalue weighted by Gasteiger charge is -2.27. The summed E-state index contributed by atoms with van der Waals surface area (Å²) < 4.78 is 5.47. The maximum absolute atomic E-state index is 12.5. The first-order chi connectivity index (χ1) is 8.91. The highest BCUT2D eigenvalue weighted by Gasteiger charge is 2.34. The third kappa shape index (κ3) is 2.89. The molecule has 2 atom stereocenters. The molecule has 1 heterocycles. The first-order valence-electron chi connectivity index (χ1n) is 6.70. The van der Waals surface area contributed by atoms with Crippen molar-refractivity contribution in [1.82, 2.24) is 5.32 Å². The van der Waals surface area contributed by atoms with Crippen LogP contribution in [0.5, 0.6) is 0 Å². The summed E-state index contributed by atoms with van der Waals surface area (Å²) in [6.45, 7) is 6.56. The van der Waals surface area contributed by atoms with Crippen LogP contribution in [0.4, 0.5) is 5.69 Å². The summed E-state index contributed by atoms with van der Waals surface area (Å²) in [5.41, 5.74) is 6.78. The molecule has 19 heavy (non-hydrogen) atoms. The molecule has 1 aliphatic heterocycles. The van der Waals surface area contributed by atoms with Gasteiger partial charge in [0.05, 0.1) is 17.6 Å². The van der Waals surface area contributed by atoms with Crippen LogP contribution in [0.1, 0.15) is 32.8 Å². The zero-order chi connectivity index (χ0) is 14.0. The second-order valence-corrected chi connectivity index (χ2v) is 5.69. The Morgan fingerprint density at radius 3 is 2.53 bits per heavy atom. The molecule has 1 saturated heterocycles. The van der Waals surface area contributed by atoms with Gasteiger partial charge in [0.15, 0.2) is 0 Å². The smallest absolute Gasteiger partial charge is 0.230 e. The summed E-state index contributed by atoms with van der Waals surface area (Å²) in [4.78, 5) is 12.5. The van der Waals surface area contributed by atoms with E-state index < -0.39 is 5.41 Å². The molecule has 2 unspecified atom stereocenters. The second-order valence-electron chi connectivity index (χ2n) is 5.69. The summed E-state index contributed by atoms with van der Waals surface area (Å²) >= 11 is 0. The van der Waals surface area contributed by atoms with Gasteiger partial charge in [0.1, 0.15) is 0 Å². The summed E-state index contributed by atoms with van der Waals surface area (Å²) in [6, 6.07) is 7.57. The number of anilines is 1. The molecule has 1 aromatic carbocycles. The third-order valence-electron chi connectivity index (χ3n) is 3.89. The van der Waals surface area contributed by atoms with Crippen LogP contribution in [0.2, 0.25) is 0 Å². The van der Waals surface area contributed by atoms with Crippen LogP contribution < -0.4 is 11.1 Å². The van der Waals surface area contributed by atoms with Gasteiger partial charge < -0.3 is 15.8 Å². The monoisotopic (exact) mass is 262 g/mol. The van der Waals surface area contributed by atoms with E-state index in [-0.39, 0.29) is 18.1 Å². The van der Waals surface area contributed by atoms with E-state index in [1.54, 1.807) is 0 Å². The van der Waals surface area contributed by atoms with Gasteiger partial charge in [-0.15, -0.1) is 0 Å². The third-order valence-corrected chi connectivity index (χ3v) is 3.89. The predicted molar refractivity (Wildman–Crippen MR) is 75.8 cm³/mol. The van der Waals surface area contributed by atoms with Crippen LogP contribution in [0.15, 0.2) is 24.3 Å². The summed E-state index contributed by atoms with van der Waals surface area (Å²) in [6.07, 6.45) is 0.969. The van der Waals surface area contributed by atoms with Crippen LogP contribution in [0.3, 0.4) is 0 Å². The topological polar surface area (TPSA) is 64.3 Å². The van der Waals surface area contributed by atoms with Crippen molar-refractivity contribution < 1.29 is 9.53 Å². The molecule has 0 bridgehead atoms. The number of benzene rings is 1. The molecule has 0 spiro atoms. The first kappa shape index (κ1) is 13.9. The average molecular weight is 262 g/mol. The number of nitrogen functional groups attached to an aromatic ring is 1. The van der Waals surface area contributed by atoms with Crippen molar-refractivity contribution in [2.24, 2.45) is 0 Å². The average Bonchev–Trinajstić information content (AvgIpc) is 2.75. The van der Waals surface area contributed by atoms with Crippen LogP contribution in [0, 0.1) is 0 Å². The van der Waals surface area contributed by atoms with Gasteiger partial charge in [-0.1, -0.05) is 12.1 Å². The molecule has 4 heteroatoms. The molecule has 4 nitrogen and oxygen atoms in total. The fourth-order valence-corrected chi connectivity index (χ4v) is 2.30. The van der Waals surface area contributed by atoms with Crippen LogP contribution >= 0.6 is 0 Å². The van der Waals surface area contributed by atoms with E-state index in [9.17, 15) is 4.79 Å². The maximum atomic E-state index is 12.5. The number of rotatable bonds is 3. The Balaban J connectivity index is 2.10. The van der Waals surface area contributed by atoms with Crippen LogP contribution in [-0.2, 0) is 14.9 Å². The van der Waals surface area contributed by atoms with Crippen molar-refractivity contribution in [1.29, 1.82) is 0 Å². The Bertz CT molecular complexity index is 454. The Morgan fingerprint density at radius 2 is 2.00 bits per heavy atom. The molecule has 0 saturated carbocycles. The number of carbonyl (C=O) groups excluding carboxylic acids is 1. The number of nitrogens with one attached hydrogen (secondary N) is 1. The van der Waals surface area contributed by atoms with Crippen LogP contribution in [-0.4, -0.2) is 24.7 Å². The van der Waals surface area contributed by atoms with Gasteiger partial charge in [-0.3, -0.25) is 4.79 Å². The maximum Gasteiger partial charge on any atom is 0.230 e. The molecule has 1 aliphatic rings. The molecule has 3 N–H and O–H groups in total. The molecule has 0 radical (unpaired) electrons. The summed E-state index contributed by atoms with van der Waals surface area (Å²) in [7, 11) is 0. The quantitative estimate of drug-likeness (QED) is 0.817. The minimum atomic E-state index is -0.573. The Kier molecular flexibility index (Phi) is 3.80. The van der Waals surface area contributed by atoms with E-state index in [4.69, 9.17) is 10.5 Å². The van der Waals surface area contributed by atoms with Gasteiger partial charge >= 0.3 is 0 Å². The van der Waals surface area contributed by atoms with Gasteiger partial charge in [-0.2, -0.15) is 0 Å². The molecule has 1 amide bonds. The van der Waals surface area contributed by atoms with E-state index in [2.05, 4.69) is 5.32 Å². The van der Waals surface area contributed by atoms with Gasteiger partial charge in [0, 0.05) is 12.3 Å². The predicted octanol–water partition coefficient (Wildman–Crippen LogP) is 1.84. The number of hydrogen-bond donors (Lipinski definition) is 2. The Hall–Kier alpha value is -1.55. The highest BCUT2D eigenvalue weighted by Crippen LogP contribution is 2.25. The van der Waals surface area contributed by atoms with Gasteiger partial charge in [0.2, 0.25) is 5.91 Å². The molecule has 104 valence electrons. The lowest BCUT2D eigenvalue weighted by Crippen LogP contribution is -2.47. The van der Waals surface area contributed by atoms with Crippen molar-refractivity contribution >= 4 is 11.6 Å². The molecule has 0 aromatic heterocycles. The molecule has 1 fully saturated rings. The number of ether oxygens (including phenoxy) is 1. The van der Waals surface area contributed by atoms with Crippen molar-refractivity contribution in [2.45, 2.75) is 44.8 Å². The van der Waals surface area contributed by atoms with E-state index in [0.29, 0.717) is 12.3 Å². The van der Waals surface area contributed by atoms with Crippen molar-refractivity contribution in [2.75, 3.05) is 12.3 Å². The first-order valence-corrected chi connectivity index (χ1v) is 6.70. The number of nitrogens with two attached hydrogens (primary N) is 1. The second kappa shape index (κ2) is 5.21. The van der Waals surface area contributed by atoms with Gasteiger partial charge in [-0.05, 0) is 44.9 Å². The highest BCUT2D eigenvalue weighted by atomic mass is 16.5. The minimum absolute atomic E-state index is 0.0274. The minimum Gasteiger partial charge on any atom is -0.399 e. The van der Waals surface area contributed by atoms with E-state index >= 15 is 0 Å². The Labute approximate surface area is 114 Å². The number of hydrogen-bond acceptors (Lipinski definition) is 3. The molecule has 1 aromatic rings. The number of carbonyl (C=O) groups is 1. The van der Waals surface area contributed by atoms with Gasteiger partial charge in [0.25, 0.3) is 0 Å². The lowest BCUT2D eigenvalue weighted by atomic mass is 9.83. The zero-order valence-electron chi connectivity index (χ0n) is 11.8. The Morgan fingerprint density at radius 1 is 1.37 bits per heavy atom. The summed E-state index contributed by atoms with van der Waals surface area (Å²) in [5.74, 6) is 0.0274. The largest absolute Gasteiger partial charge is 0.399 e. The number of amides is 1. The molecular formula is C15H22N2O2. The molecule has 0 aliphatic carbocycles. The standard InChI is InChI=1S/C15H22N2O2/c1-10-13(8-9-19-10)17-14(18)15(2,3)11-4-6-12(16)7-5-11/h4-7,10,13H,8-9,16H2,1-3H3,(H,17,18). The van der Waals surface area contributed by atoms with E-state index in [1.165, 1.54) is 0 Å². The lowest BCUT2D eigenvalue weighted by molar-refractivity contribution is -0.126. The zero-order valence-corrected chi connectivity index (χ0v) is 11.8. The van der Waals surface area contributed by atoms with Crippen molar-refractivity contribution in [3.8, 4) is 0 Å². The SMILES string of the molecule is CC1OCCC1NC(=O)C(C)(C)c1ccc(N)cc1. The van der Waals surface area contributed by atoms with Crippen molar-refractivity contribution in [3.05, 3.63) is 29.8 Å². The normalized spacial score (nSPS) is 23.3. The fourth-order valence-electron chi connectivity index (χ4n) is 2.30. The molecular weight excluding hydrogens is 240 g/mol. The van der Waals surface area contributed by atoms with Crippen LogP contribution in [0.25, 0.3) is 0 Å². The van der Waals surface area contributed by atoms with Gasteiger partial charge in [-0.25, -0.2) is 0 Å². The van der Waals surface area contributed by atoms with E-state index in [0.717, 1.165) is 12.0 Å². The highest BCUT2D eigenvalue weighted by molar-refractivity contribution is 5.87. The fraction of sp³-hybridized carbons (Fsp3) is 0.533. The molecule has 2 rings (SSSR count). The van der Waals surface area contributed by atoms with E-state index in [1.807, 2.05) is 45.0 Å².